The van der Waals surface area contributed by atoms with Crippen LogP contribution in [0.1, 0.15) is 22.4 Å². The van der Waals surface area contributed by atoms with Gasteiger partial charge in [-0.2, -0.15) is 5.26 Å². The first kappa shape index (κ1) is 19.0. The molecule has 0 radical (unpaired) electrons. The van der Waals surface area contributed by atoms with Crippen LogP contribution in [-0.2, 0) is 6.54 Å². The molecule has 3 aromatic carbocycles. The SMILES string of the molecule is Cc1c(/C=C(/C#N)c2cccc(F)c2)c2ccccc2n1Cc1ccccc1Cl. The Kier molecular flexibility index (Phi) is 5.20. The fourth-order valence-electron chi connectivity index (χ4n) is 3.62. The maximum Gasteiger partial charge on any atom is 0.123 e. The van der Waals surface area contributed by atoms with Gasteiger partial charge in [-0.25, -0.2) is 4.39 Å². The zero-order valence-corrected chi connectivity index (χ0v) is 16.6. The highest BCUT2D eigenvalue weighted by Gasteiger charge is 2.15. The maximum atomic E-state index is 13.7. The van der Waals surface area contributed by atoms with Crippen molar-refractivity contribution in [3.8, 4) is 6.07 Å². The van der Waals surface area contributed by atoms with Crippen LogP contribution >= 0.6 is 11.6 Å². The average Bonchev–Trinajstić information content (AvgIpc) is 2.99. The molecule has 0 atom stereocenters. The number of aromatic nitrogens is 1. The van der Waals surface area contributed by atoms with Crippen molar-refractivity contribution < 1.29 is 4.39 Å². The standard InChI is InChI=1S/C25H18ClFN2/c1-17-23(14-20(15-28)18-8-6-9-21(27)13-18)22-10-3-5-12-25(22)29(17)16-19-7-2-4-11-24(19)26/h2-14H,16H2,1H3/b20-14-. The minimum atomic E-state index is -0.360. The molecule has 0 aliphatic carbocycles. The molecule has 0 unspecified atom stereocenters. The molecule has 142 valence electrons. The van der Waals surface area contributed by atoms with E-state index in [0.717, 1.165) is 32.7 Å². The summed E-state index contributed by atoms with van der Waals surface area (Å²) in [6.07, 6.45) is 1.84. The second-order valence-corrected chi connectivity index (χ2v) is 7.28. The number of nitriles is 1. The zero-order chi connectivity index (χ0) is 20.4. The van der Waals surface area contributed by atoms with Gasteiger partial charge >= 0.3 is 0 Å². The van der Waals surface area contributed by atoms with Gasteiger partial charge in [0, 0.05) is 33.7 Å². The van der Waals surface area contributed by atoms with Crippen LogP contribution in [0.4, 0.5) is 4.39 Å². The largest absolute Gasteiger partial charge is 0.340 e. The van der Waals surface area contributed by atoms with Crippen LogP contribution in [0.2, 0.25) is 5.02 Å². The molecule has 0 saturated carbocycles. The number of allylic oxidation sites excluding steroid dienone is 1. The van der Waals surface area contributed by atoms with Crippen molar-refractivity contribution >= 4 is 34.2 Å². The van der Waals surface area contributed by atoms with Gasteiger partial charge in [0.2, 0.25) is 0 Å². The molecule has 0 amide bonds. The number of fused-ring (bicyclic) bond motifs is 1. The van der Waals surface area contributed by atoms with Gasteiger partial charge in [0.05, 0.1) is 11.6 Å². The molecule has 1 aromatic heterocycles. The summed E-state index contributed by atoms with van der Waals surface area (Å²) in [5, 5.41) is 11.5. The molecule has 4 aromatic rings. The number of hydrogen-bond donors (Lipinski definition) is 0. The maximum absolute atomic E-state index is 13.7. The van der Waals surface area contributed by atoms with Crippen LogP contribution in [0.25, 0.3) is 22.6 Å². The highest BCUT2D eigenvalue weighted by atomic mass is 35.5. The normalized spacial score (nSPS) is 11.6. The topological polar surface area (TPSA) is 28.7 Å². The molecule has 29 heavy (non-hydrogen) atoms. The highest BCUT2D eigenvalue weighted by molar-refractivity contribution is 6.31. The van der Waals surface area contributed by atoms with E-state index < -0.39 is 0 Å². The third kappa shape index (κ3) is 3.68. The lowest BCUT2D eigenvalue weighted by molar-refractivity contribution is 0.627. The van der Waals surface area contributed by atoms with E-state index in [1.54, 1.807) is 12.1 Å². The quantitative estimate of drug-likeness (QED) is 0.344. The van der Waals surface area contributed by atoms with E-state index in [-0.39, 0.29) is 5.82 Å². The second kappa shape index (κ2) is 7.95. The van der Waals surface area contributed by atoms with Crippen molar-refractivity contribution in [2.45, 2.75) is 13.5 Å². The number of benzene rings is 3. The molecule has 0 spiro atoms. The minimum Gasteiger partial charge on any atom is -0.340 e. The number of halogens is 2. The molecular formula is C25H18ClFN2. The van der Waals surface area contributed by atoms with Gasteiger partial charge in [-0.05, 0) is 48.4 Å². The Morgan fingerprint density at radius 1 is 1.07 bits per heavy atom. The van der Waals surface area contributed by atoms with Crippen LogP contribution in [0, 0.1) is 24.1 Å². The lowest BCUT2D eigenvalue weighted by atomic mass is 10.0. The average molecular weight is 401 g/mol. The highest BCUT2D eigenvalue weighted by Crippen LogP contribution is 2.31. The van der Waals surface area contributed by atoms with E-state index in [9.17, 15) is 9.65 Å². The fourth-order valence-corrected chi connectivity index (χ4v) is 3.82. The number of rotatable bonds is 4. The first-order chi connectivity index (χ1) is 14.1. The van der Waals surface area contributed by atoms with Crippen molar-refractivity contribution in [2.24, 2.45) is 0 Å². The van der Waals surface area contributed by atoms with Crippen LogP contribution in [0.3, 0.4) is 0 Å². The van der Waals surface area contributed by atoms with Gasteiger partial charge in [-0.1, -0.05) is 60.1 Å². The summed E-state index contributed by atoms with van der Waals surface area (Å²) in [6, 6.07) is 24.2. The lowest BCUT2D eigenvalue weighted by Crippen LogP contribution is -2.02. The predicted molar refractivity (Wildman–Crippen MR) is 117 cm³/mol. The van der Waals surface area contributed by atoms with E-state index in [0.29, 0.717) is 17.7 Å². The van der Waals surface area contributed by atoms with E-state index >= 15 is 0 Å². The first-order valence-corrected chi connectivity index (χ1v) is 9.65. The monoisotopic (exact) mass is 400 g/mol. The van der Waals surface area contributed by atoms with E-state index in [1.807, 2.05) is 55.5 Å². The zero-order valence-electron chi connectivity index (χ0n) is 15.9. The van der Waals surface area contributed by atoms with Gasteiger partial charge in [-0.15, -0.1) is 0 Å². The van der Waals surface area contributed by atoms with Crippen LogP contribution < -0.4 is 0 Å². The number of hydrogen-bond acceptors (Lipinski definition) is 1. The predicted octanol–water partition coefficient (Wildman–Crippen LogP) is 6.85. The Hall–Kier alpha value is -3.35. The molecule has 2 nitrogen and oxygen atoms in total. The molecule has 0 saturated heterocycles. The Morgan fingerprint density at radius 3 is 2.59 bits per heavy atom. The minimum absolute atomic E-state index is 0.360. The van der Waals surface area contributed by atoms with Crippen molar-refractivity contribution in [3.63, 3.8) is 0 Å². The molecule has 4 rings (SSSR count). The van der Waals surface area contributed by atoms with Crippen LogP contribution in [0.15, 0.2) is 72.8 Å². The Bertz CT molecular complexity index is 1280. The molecular weight excluding hydrogens is 383 g/mol. The third-order valence-corrected chi connectivity index (χ3v) is 5.48. The van der Waals surface area contributed by atoms with Crippen molar-refractivity contribution in [1.82, 2.24) is 4.57 Å². The smallest absolute Gasteiger partial charge is 0.123 e. The molecule has 4 heteroatoms. The second-order valence-electron chi connectivity index (χ2n) is 6.87. The molecule has 0 aliphatic heterocycles. The Morgan fingerprint density at radius 2 is 1.83 bits per heavy atom. The molecule has 0 N–H and O–H groups in total. The molecule has 1 heterocycles. The molecule has 0 bridgehead atoms. The summed E-state index contributed by atoms with van der Waals surface area (Å²) in [7, 11) is 0. The summed E-state index contributed by atoms with van der Waals surface area (Å²) in [4.78, 5) is 0. The number of para-hydroxylation sites is 1. The van der Waals surface area contributed by atoms with Gasteiger partial charge in [0.1, 0.15) is 5.82 Å². The fraction of sp³-hybridized carbons (Fsp3) is 0.0800. The van der Waals surface area contributed by atoms with E-state index in [4.69, 9.17) is 11.6 Å². The summed E-state index contributed by atoms with van der Waals surface area (Å²) in [5.41, 5.74) is 5.05. The molecule has 0 fully saturated rings. The van der Waals surface area contributed by atoms with E-state index in [1.165, 1.54) is 12.1 Å². The third-order valence-electron chi connectivity index (χ3n) is 5.11. The van der Waals surface area contributed by atoms with Crippen molar-refractivity contribution in [3.05, 3.63) is 106 Å². The van der Waals surface area contributed by atoms with Gasteiger partial charge in [0.25, 0.3) is 0 Å². The van der Waals surface area contributed by atoms with Crippen LogP contribution in [0.5, 0.6) is 0 Å². The lowest BCUT2D eigenvalue weighted by Gasteiger charge is -2.10. The van der Waals surface area contributed by atoms with Crippen molar-refractivity contribution in [2.75, 3.05) is 0 Å². The van der Waals surface area contributed by atoms with Gasteiger partial charge < -0.3 is 4.57 Å². The van der Waals surface area contributed by atoms with Crippen molar-refractivity contribution in [1.29, 1.82) is 5.26 Å². The van der Waals surface area contributed by atoms with E-state index in [2.05, 4.69) is 16.7 Å². The van der Waals surface area contributed by atoms with Crippen LogP contribution in [-0.4, -0.2) is 4.57 Å². The summed E-state index contributed by atoms with van der Waals surface area (Å²) in [6.45, 7) is 2.66. The first-order valence-electron chi connectivity index (χ1n) is 9.27. The number of nitrogens with zero attached hydrogens (tertiary/aromatic N) is 2. The summed E-state index contributed by atoms with van der Waals surface area (Å²) < 4.78 is 15.9. The Balaban J connectivity index is 1.89. The summed E-state index contributed by atoms with van der Waals surface area (Å²) >= 11 is 6.38. The van der Waals surface area contributed by atoms with Gasteiger partial charge in [0.15, 0.2) is 0 Å². The molecule has 0 aliphatic rings. The Labute approximate surface area is 174 Å². The van der Waals surface area contributed by atoms with Gasteiger partial charge in [-0.3, -0.25) is 0 Å². The summed E-state index contributed by atoms with van der Waals surface area (Å²) in [5.74, 6) is -0.360.